The Morgan fingerprint density at radius 3 is 2.76 bits per heavy atom. The molecule has 0 bridgehead atoms. The molecular weight excluding hydrogens is 410 g/mol. The van der Waals surface area contributed by atoms with E-state index in [0.29, 0.717) is 36.8 Å². The molecule has 2 aromatic rings. The molecule has 4 unspecified atom stereocenters. The molecule has 2 fully saturated rings. The Morgan fingerprint density at radius 1 is 1.15 bits per heavy atom. The van der Waals surface area contributed by atoms with Crippen LogP contribution in [0.4, 0.5) is 0 Å². The number of Topliss-reactive ketones (excluding diaryl/α,β-unsaturated/α-hetero) is 1. The molecule has 0 spiro atoms. The van der Waals surface area contributed by atoms with E-state index in [1.807, 2.05) is 25.2 Å². The number of ether oxygens (including phenoxy) is 1. The van der Waals surface area contributed by atoms with Crippen LogP contribution in [-0.2, 0) is 11.2 Å². The summed E-state index contributed by atoms with van der Waals surface area (Å²) >= 11 is 0. The number of benzene rings is 2. The summed E-state index contributed by atoms with van der Waals surface area (Å²) in [6.07, 6.45) is 6.39. The highest BCUT2D eigenvalue weighted by molar-refractivity contribution is 5.87. The maximum absolute atomic E-state index is 12.5. The van der Waals surface area contributed by atoms with Crippen molar-refractivity contribution in [3.8, 4) is 5.75 Å². The maximum Gasteiger partial charge on any atom is 0.139 e. The van der Waals surface area contributed by atoms with E-state index in [2.05, 4.69) is 42.6 Å². The first-order valence-electron chi connectivity index (χ1n) is 12.5. The van der Waals surface area contributed by atoms with E-state index in [9.17, 15) is 4.79 Å². The van der Waals surface area contributed by atoms with Gasteiger partial charge in [-0.15, -0.1) is 0 Å². The monoisotopic (exact) mass is 447 g/mol. The van der Waals surface area contributed by atoms with Gasteiger partial charge in [0, 0.05) is 25.4 Å². The average Bonchev–Trinajstić information content (AvgIpc) is 3.13. The summed E-state index contributed by atoms with van der Waals surface area (Å²) < 4.78 is 6.06. The number of hydrazine groups is 1. The molecule has 3 aliphatic rings. The van der Waals surface area contributed by atoms with Crippen molar-refractivity contribution in [1.29, 1.82) is 0 Å². The Labute approximate surface area is 197 Å². The molecule has 3 aliphatic carbocycles. The third-order valence-electron chi connectivity index (χ3n) is 8.76. The van der Waals surface area contributed by atoms with Gasteiger partial charge in [0.1, 0.15) is 18.3 Å². The van der Waals surface area contributed by atoms with Crippen LogP contribution >= 0.6 is 0 Å². The second-order valence-electron chi connectivity index (χ2n) is 10.5. The number of hydrogen-bond acceptors (Lipinski definition) is 5. The summed E-state index contributed by atoms with van der Waals surface area (Å²) in [6, 6.07) is 17.0. The zero-order valence-corrected chi connectivity index (χ0v) is 19.9. The van der Waals surface area contributed by atoms with Crippen LogP contribution in [0, 0.1) is 17.3 Å². The topological polar surface area (TPSA) is 67.6 Å². The van der Waals surface area contributed by atoms with E-state index in [1.54, 1.807) is 5.01 Å². The van der Waals surface area contributed by atoms with E-state index in [4.69, 9.17) is 10.6 Å². The predicted octanol–water partition coefficient (Wildman–Crippen LogP) is 4.58. The molecule has 176 valence electrons. The van der Waals surface area contributed by atoms with Crippen LogP contribution in [0.15, 0.2) is 48.5 Å². The number of ketones is 1. The number of nitrogens with zero attached hydrogens (tertiary/aromatic N) is 1. The van der Waals surface area contributed by atoms with Crippen molar-refractivity contribution in [2.24, 2.45) is 23.1 Å². The zero-order valence-electron chi connectivity index (χ0n) is 19.9. The lowest BCUT2D eigenvalue weighted by Crippen LogP contribution is -2.42. The third-order valence-corrected chi connectivity index (χ3v) is 8.76. The lowest BCUT2D eigenvalue weighted by atomic mass is 9.55. The number of nitrogens with one attached hydrogen (secondary N) is 1. The molecule has 3 N–H and O–H groups in total. The number of fused-ring (bicyclic) bond motifs is 5. The van der Waals surface area contributed by atoms with E-state index >= 15 is 0 Å². The molecule has 0 amide bonds. The largest absolute Gasteiger partial charge is 0.478 e. The van der Waals surface area contributed by atoms with Gasteiger partial charge in [0.15, 0.2) is 0 Å². The molecule has 5 nitrogen and oxygen atoms in total. The summed E-state index contributed by atoms with van der Waals surface area (Å²) in [5, 5.41) is 5.14. The van der Waals surface area contributed by atoms with Crippen LogP contribution in [0.2, 0.25) is 0 Å². The molecule has 2 aromatic carbocycles. The van der Waals surface area contributed by atoms with Crippen molar-refractivity contribution < 1.29 is 9.53 Å². The summed E-state index contributed by atoms with van der Waals surface area (Å²) in [6.45, 7) is 3.41. The fourth-order valence-electron chi connectivity index (χ4n) is 6.92. The van der Waals surface area contributed by atoms with Gasteiger partial charge in [-0.1, -0.05) is 43.3 Å². The highest BCUT2D eigenvalue weighted by atomic mass is 16.5. The van der Waals surface area contributed by atoms with Crippen molar-refractivity contribution in [2.45, 2.75) is 57.4 Å². The number of carbonyl (C=O) groups excluding carboxylic acids is 1. The number of aryl methyl sites for hydroxylation is 1. The minimum Gasteiger partial charge on any atom is -0.478 e. The normalized spacial score (nSPS) is 29.3. The van der Waals surface area contributed by atoms with Crippen LogP contribution < -0.4 is 15.9 Å². The quantitative estimate of drug-likeness (QED) is 0.281. The van der Waals surface area contributed by atoms with Crippen LogP contribution in [0.1, 0.15) is 67.7 Å². The molecule has 33 heavy (non-hydrogen) atoms. The van der Waals surface area contributed by atoms with Gasteiger partial charge in [-0.2, -0.15) is 0 Å². The molecular formula is C28H37N3O2. The van der Waals surface area contributed by atoms with Crippen LogP contribution in [-0.4, -0.2) is 31.1 Å². The maximum atomic E-state index is 12.5. The first-order chi connectivity index (χ1) is 16.0. The number of hydrogen-bond donors (Lipinski definition) is 2. The van der Waals surface area contributed by atoms with Crippen molar-refractivity contribution in [3.05, 3.63) is 65.2 Å². The van der Waals surface area contributed by atoms with E-state index in [0.717, 1.165) is 37.9 Å². The van der Waals surface area contributed by atoms with Gasteiger partial charge >= 0.3 is 0 Å². The van der Waals surface area contributed by atoms with E-state index in [-0.39, 0.29) is 11.5 Å². The van der Waals surface area contributed by atoms with Crippen LogP contribution in [0.5, 0.6) is 5.75 Å². The highest BCUT2D eigenvalue weighted by Gasteiger charge is 2.54. The van der Waals surface area contributed by atoms with Gasteiger partial charge < -0.3 is 4.74 Å². The Kier molecular flexibility index (Phi) is 6.30. The lowest BCUT2D eigenvalue weighted by Gasteiger charge is -2.48. The fourth-order valence-corrected chi connectivity index (χ4v) is 6.92. The summed E-state index contributed by atoms with van der Waals surface area (Å²) in [7, 11) is 1.90. The Bertz CT molecular complexity index is 992. The average molecular weight is 448 g/mol. The Hall–Kier alpha value is -2.21. The molecule has 0 radical (unpaired) electrons. The van der Waals surface area contributed by atoms with Crippen molar-refractivity contribution >= 4 is 5.78 Å². The molecule has 5 heteroatoms. The fraction of sp³-hybridized carbons (Fsp3) is 0.536. The minimum atomic E-state index is -0.0530. The summed E-state index contributed by atoms with van der Waals surface area (Å²) in [5.74, 6) is 9.37. The molecule has 2 saturated carbocycles. The van der Waals surface area contributed by atoms with Gasteiger partial charge in [-0.25, -0.2) is 5.01 Å². The molecule has 0 aliphatic heterocycles. The summed E-state index contributed by atoms with van der Waals surface area (Å²) in [5.41, 5.74) is 4.07. The van der Waals surface area contributed by atoms with Crippen molar-refractivity contribution in [2.75, 3.05) is 20.3 Å². The van der Waals surface area contributed by atoms with Gasteiger partial charge in [-0.05, 0) is 78.7 Å². The molecule has 0 aromatic heterocycles. The first-order valence-corrected chi connectivity index (χ1v) is 12.5. The molecule has 5 atom stereocenters. The van der Waals surface area contributed by atoms with Crippen LogP contribution in [0.25, 0.3) is 0 Å². The smallest absolute Gasteiger partial charge is 0.139 e. The second-order valence-corrected chi connectivity index (χ2v) is 10.5. The lowest BCUT2D eigenvalue weighted by molar-refractivity contribution is -0.129. The molecule has 5 rings (SSSR count). The van der Waals surface area contributed by atoms with Crippen LogP contribution in [0.3, 0.4) is 0 Å². The molecule has 0 saturated heterocycles. The number of likely N-dealkylation sites (N-methyl/N-ethyl adjacent to an activating group) is 1. The minimum absolute atomic E-state index is 0.0530. The van der Waals surface area contributed by atoms with Gasteiger partial charge in [-0.3, -0.25) is 16.0 Å². The Balaban J connectivity index is 1.20. The van der Waals surface area contributed by atoms with Gasteiger partial charge in [0.25, 0.3) is 0 Å². The van der Waals surface area contributed by atoms with Gasteiger partial charge in [0.05, 0.1) is 6.04 Å². The number of rotatable bonds is 7. The zero-order chi connectivity index (χ0) is 23.0. The number of carbonyl (C=O) groups is 1. The van der Waals surface area contributed by atoms with Crippen molar-refractivity contribution in [1.82, 2.24) is 10.3 Å². The standard InChI is InChI=1S/C28H37N3O2/c1-28-15-14-23-22-11-9-21(16-20(22)8-10-24(23)25(28)12-13-27(28)32)33-18-30-17-26(31(2)29)19-6-4-3-5-7-19/h3-7,9,11,16,23-26,30H,8,10,12-15,17-18,29H2,1-2H3/t23?,24?,25?,26?,28-/m0/s1. The SMILES string of the molecule is CN(N)C(CNCOc1ccc2c(c1)CCC1C2CC[C@]2(C)C(=O)CCC12)c1ccccc1. The first kappa shape index (κ1) is 22.6. The summed E-state index contributed by atoms with van der Waals surface area (Å²) in [4.78, 5) is 12.5. The van der Waals surface area contributed by atoms with E-state index < -0.39 is 0 Å². The predicted molar refractivity (Wildman–Crippen MR) is 131 cm³/mol. The van der Waals surface area contributed by atoms with Gasteiger partial charge in [0.2, 0.25) is 0 Å². The van der Waals surface area contributed by atoms with Crippen molar-refractivity contribution in [3.63, 3.8) is 0 Å². The number of nitrogens with two attached hydrogens (primary N) is 1. The third kappa shape index (κ3) is 4.23. The Morgan fingerprint density at radius 2 is 1.97 bits per heavy atom. The highest BCUT2D eigenvalue weighted by Crippen LogP contribution is 2.59. The van der Waals surface area contributed by atoms with E-state index in [1.165, 1.54) is 23.1 Å². The molecule has 0 heterocycles. The second kappa shape index (κ2) is 9.21.